The minimum absolute atomic E-state index is 0.197. The number of hydrogen-bond acceptors (Lipinski definition) is 2. The first-order valence-corrected chi connectivity index (χ1v) is 10.3. The molecule has 0 unspecified atom stereocenters. The van der Waals surface area contributed by atoms with Crippen LogP contribution in [0.25, 0.3) is 0 Å². The van der Waals surface area contributed by atoms with E-state index in [9.17, 15) is 4.57 Å². The molecule has 1 atom stereocenters. The molecule has 0 saturated carbocycles. The molecular formula is C22H23O2P. The molecule has 0 saturated heterocycles. The van der Waals surface area contributed by atoms with Crippen molar-refractivity contribution in [3.63, 3.8) is 0 Å². The van der Waals surface area contributed by atoms with E-state index in [1.54, 1.807) is 0 Å². The summed E-state index contributed by atoms with van der Waals surface area (Å²) >= 11 is 0. The normalized spacial score (nSPS) is 12.7. The van der Waals surface area contributed by atoms with Crippen LogP contribution in [0.2, 0.25) is 0 Å². The van der Waals surface area contributed by atoms with Gasteiger partial charge in [-0.3, -0.25) is 4.57 Å². The summed E-state index contributed by atoms with van der Waals surface area (Å²) in [6.45, 7) is 2.12. The standard InChI is InChI=1S/C22H23O2P/c1-2-12-22(19-13-6-3-7-14-19)24-25(23,20-15-8-4-9-16-20)21-17-10-5-11-18-21/h3-11,13-18,22H,2,12H2,1H3/t22-/m1/s1. The first-order valence-electron chi connectivity index (χ1n) is 8.68. The Hall–Kier alpha value is -2.15. The van der Waals surface area contributed by atoms with Crippen LogP contribution in [0.1, 0.15) is 31.4 Å². The van der Waals surface area contributed by atoms with E-state index in [-0.39, 0.29) is 6.10 Å². The molecule has 0 spiro atoms. The lowest BCUT2D eigenvalue weighted by atomic mass is 10.1. The van der Waals surface area contributed by atoms with Crippen molar-refractivity contribution in [2.24, 2.45) is 0 Å². The first kappa shape index (κ1) is 17.7. The van der Waals surface area contributed by atoms with Gasteiger partial charge in [0.25, 0.3) is 7.37 Å². The Morgan fingerprint density at radius 2 is 1.20 bits per heavy atom. The average molecular weight is 350 g/mol. The highest BCUT2D eigenvalue weighted by Crippen LogP contribution is 2.49. The zero-order valence-corrected chi connectivity index (χ0v) is 15.3. The first-order chi connectivity index (χ1) is 12.2. The Bertz CT molecular complexity index is 773. The molecule has 128 valence electrons. The van der Waals surface area contributed by atoms with Gasteiger partial charge in [0.1, 0.15) is 0 Å². The van der Waals surface area contributed by atoms with E-state index in [2.05, 4.69) is 6.92 Å². The smallest absolute Gasteiger partial charge is 0.261 e. The number of benzene rings is 3. The molecule has 3 rings (SSSR count). The SMILES string of the molecule is CCC[C@@H](OP(=O)(c1ccccc1)c1ccccc1)c1ccccc1. The van der Waals surface area contributed by atoms with Crippen LogP contribution in [0.5, 0.6) is 0 Å². The third-order valence-corrected chi connectivity index (χ3v) is 6.70. The van der Waals surface area contributed by atoms with Crippen molar-refractivity contribution in [2.75, 3.05) is 0 Å². The molecule has 0 heterocycles. The predicted molar refractivity (Wildman–Crippen MR) is 105 cm³/mol. The Kier molecular flexibility index (Phi) is 5.86. The van der Waals surface area contributed by atoms with E-state index in [0.717, 1.165) is 29.0 Å². The molecule has 25 heavy (non-hydrogen) atoms. The molecule has 0 aliphatic carbocycles. The molecule has 0 N–H and O–H groups in total. The van der Waals surface area contributed by atoms with Gasteiger partial charge in [-0.25, -0.2) is 0 Å². The lowest BCUT2D eigenvalue weighted by Crippen LogP contribution is -2.20. The molecule has 2 nitrogen and oxygen atoms in total. The molecular weight excluding hydrogens is 327 g/mol. The average Bonchev–Trinajstić information content (AvgIpc) is 2.69. The van der Waals surface area contributed by atoms with Crippen LogP contribution in [0, 0.1) is 0 Å². The fourth-order valence-electron chi connectivity index (χ4n) is 2.91. The van der Waals surface area contributed by atoms with Crippen LogP contribution < -0.4 is 10.6 Å². The van der Waals surface area contributed by atoms with Crippen LogP contribution in [-0.4, -0.2) is 0 Å². The van der Waals surface area contributed by atoms with E-state index in [4.69, 9.17) is 4.52 Å². The third-order valence-electron chi connectivity index (χ3n) is 4.19. The third kappa shape index (κ3) is 4.10. The molecule has 0 radical (unpaired) electrons. The molecule has 0 amide bonds. The Morgan fingerprint density at radius 1 is 0.760 bits per heavy atom. The largest absolute Gasteiger partial charge is 0.314 e. The van der Waals surface area contributed by atoms with Gasteiger partial charge < -0.3 is 4.52 Å². The van der Waals surface area contributed by atoms with E-state index in [1.165, 1.54) is 0 Å². The van der Waals surface area contributed by atoms with Gasteiger partial charge in [0, 0.05) is 10.6 Å². The van der Waals surface area contributed by atoms with Gasteiger partial charge in [0.2, 0.25) is 0 Å². The number of hydrogen-bond donors (Lipinski definition) is 0. The van der Waals surface area contributed by atoms with Gasteiger partial charge in [-0.15, -0.1) is 0 Å². The molecule has 0 fully saturated rings. The minimum atomic E-state index is -3.18. The highest BCUT2D eigenvalue weighted by atomic mass is 31.2. The quantitative estimate of drug-likeness (QED) is 0.528. The summed E-state index contributed by atoms with van der Waals surface area (Å²) in [4.78, 5) is 0. The van der Waals surface area contributed by atoms with Crippen LogP contribution in [-0.2, 0) is 9.09 Å². The van der Waals surface area contributed by atoms with Crippen LogP contribution >= 0.6 is 7.37 Å². The Labute approximate surface area is 149 Å². The van der Waals surface area contributed by atoms with Crippen LogP contribution in [0.4, 0.5) is 0 Å². The highest BCUT2D eigenvalue weighted by molar-refractivity contribution is 7.74. The summed E-state index contributed by atoms with van der Waals surface area (Å²) in [5.74, 6) is 0. The van der Waals surface area contributed by atoms with E-state index < -0.39 is 7.37 Å². The molecule has 0 aromatic heterocycles. The van der Waals surface area contributed by atoms with Gasteiger partial charge in [-0.05, 0) is 36.2 Å². The lowest BCUT2D eigenvalue weighted by molar-refractivity contribution is 0.205. The second kappa shape index (κ2) is 8.29. The maximum absolute atomic E-state index is 14.1. The maximum Gasteiger partial charge on any atom is 0.261 e. The lowest BCUT2D eigenvalue weighted by Gasteiger charge is -2.26. The summed E-state index contributed by atoms with van der Waals surface area (Å²) in [5, 5.41) is 1.47. The zero-order valence-electron chi connectivity index (χ0n) is 14.4. The molecule has 3 heteroatoms. The van der Waals surface area contributed by atoms with Crippen molar-refractivity contribution >= 4 is 18.0 Å². The van der Waals surface area contributed by atoms with Crippen molar-refractivity contribution in [1.29, 1.82) is 0 Å². The van der Waals surface area contributed by atoms with Crippen molar-refractivity contribution in [3.05, 3.63) is 96.6 Å². The van der Waals surface area contributed by atoms with E-state index >= 15 is 0 Å². The van der Waals surface area contributed by atoms with E-state index in [1.807, 2.05) is 91.0 Å². The van der Waals surface area contributed by atoms with Gasteiger partial charge in [0.15, 0.2) is 0 Å². The van der Waals surface area contributed by atoms with Gasteiger partial charge in [-0.1, -0.05) is 80.1 Å². The Balaban J connectivity index is 2.04. The van der Waals surface area contributed by atoms with Crippen LogP contribution in [0.3, 0.4) is 0 Å². The fourth-order valence-corrected chi connectivity index (χ4v) is 5.16. The molecule has 3 aromatic carbocycles. The topological polar surface area (TPSA) is 26.3 Å². The summed E-state index contributed by atoms with van der Waals surface area (Å²) in [6, 6.07) is 29.1. The summed E-state index contributed by atoms with van der Waals surface area (Å²) < 4.78 is 20.4. The van der Waals surface area contributed by atoms with Crippen molar-refractivity contribution in [2.45, 2.75) is 25.9 Å². The maximum atomic E-state index is 14.1. The van der Waals surface area contributed by atoms with Crippen molar-refractivity contribution in [1.82, 2.24) is 0 Å². The Morgan fingerprint density at radius 3 is 1.64 bits per heavy atom. The zero-order chi connectivity index (χ0) is 17.5. The monoisotopic (exact) mass is 350 g/mol. The second-order valence-corrected chi connectivity index (χ2v) is 8.36. The summed E-state index contributed by atoms with van der Waals surface area (Å²) in [7, 11) is -3.18. The summed E-state index contributed by atoms with van der Waals surface area (Å²) in [5.41, 5.74) is 1.07. The molecule has 0 aliphatic heterocycles. The fraction of sp³-hybridized carbons (Fsp3) is 0.182. The van der Waals surface area contributed by atoms with Gasteiger partial charge in [-0.2, -0.15) is 0 Å². The molecule has 0 bridgehead atoms. The van der Waals surface area contributed by atoms with Crippen LogP contribution in [0.15, 0.2) is 91.0 Å². The predicted octanol–water partition coefficient (Wildman–Crippen LogP) is 5.47. The summed E-state index contributed by atoms with van der Waals surface area (Å²) in [6.07, 6.45) is 1.59. The minimum Gasteiger partial charge on any atom is -0.314 e. The second-order valence-electron chi connectivity index (χ2n) is 6.02. The van der Waals surface area contributed by atoms with E-state index in [0.29, 0.717) is 0 Å². The molecule has 0 aliphatic rings. The molecule has 3 aromatic rings. The van der Waals surface area contributed by atoms with Gasteiger partial charge >= 0.3 is 0 Å². The van der Waals surface area contributed by atoms with Crippen molar-refractivity contribution in [3.8, 4) is 0 Å². The van der Waals surface area contributed by atoms with Gasteiger partial charge in [0.05, 0.1) is 6.10 Å². The number of rotatable bonds is 7. The highest BCUT2D eigenvalue weighted by Gasteiger charge is 2.32. The van der Waals surface area contributed by atoms with Crippen molar-refractivity contribution < 1.29 is 9.09 Å².